The van der Waals surface area contributed by atoms with Crippen LogP contribution in [0.3, 0.4) is 0 Å². The fourth-order valence-corrected chi connectivity index (χ4v) is 2.77. The van der Waals surface area contributed by atoms with Gasteiger partial charge in [-0.1, -0.05) is 13.3 Å². The lowest BCUT2D eigenvalue weighted by Gasteiger charge is -2.06. The molecule has 2 heterocycles. The first-order valence-corrected chi connectivity index (χ1v) is 7.16. The van der Waals surface area contributed by atoms with E-state index in [9.17, 15) is 4.79 Å². The monoisotopic (exact) mass is 274 g/mol. The summed E-state index contributed by atoms with van der Waals surface area (Å²) >= 11 is 0. The van der Waals surface area contributed by atoms with E-state index in [1.165, 1.54) is 0 Å². The molecule has 4 heteroatoms. The lowest BCUT2D eigenvalue weighted by Crippen LogP contribution is -2.06. The van der Waals surface area contributed by atoms with E-state index in [-0.39, 0.29) is 5.97 Å². The Labute approximate surface area is 119 Å². The molecule has 0 saturated heterocycles. The molecule has 0 fully saturated rings. The Morgan fingerprint density at radius 1 is 1.30 bits per heavy atom. The number of ether oxygens (including phenoxy) is 1. The van der Waals surface area contributed by atoms with Gasteiger partial charge in [-0.3, -0.25) is 4.98 Å². The van der Waals surface area contributed by atoms with Gasteiger partial charge in [-0.15, -0.1) is 0 Å². The fourth-order valence-electron chi connectivity index (χ4n) is 2.77. The number of aryl methyl sites for hydroxylation is 4. The first kappa shape index (κ1) is 14.6. The second-order valence-corrected chi connectivity index (χ2v) is 5.10. The maximum Gasteiger partial charge on any atom is 0.340 e. The average molecular weight is 274 g/mol. The van der Waals surface area contributed by atoms with E-state index in [4.69, 9.17) is 4.74 Å². The molecule has 4 nitrogen and oxygen atoms in total. The number of hydrogen-bond donors (Lipinski definition) is 0. The predicted molar refractivity (Wildman–Crippen MR) is 79.4 cm³/mol. The Morgan fingerprint density at radius 3 is 2.60 bits per heavy atom. The highest BCUT2D eigenvalue weighted by atomic mass is 16.5. The van der Waals surface area contributed by atoms with E-state index < -0.39 is 0 Å². The molecule has 0 aliphatic rings. The van der Waals surface area contributed by atoms with Gasteiger partial charge in [0, 0.05) is 11.9 Å². The topological polar surface area (TPSA) is 43.6 Å². The first-order valence-electron chi connectivity index (χ1n) is 7.16. The van der Waals surface area contributed by atoms with Gasteiger partial charge in [0.1, 0.15) is 0 Å². The maximum absolute atomic E-state index is 12.2. The van der Waals surface area contributed by atoms with Crippen molar-refractivity contribution < 1.29 is 9.53 Å². The highest BCUT2D eigenvalue weighted by Crippen LogP contribution is 2.26. The SMILES string of the molecule is CCCc1nc(C)cn2c(C)c(C(=O)OCC)c(C)c12. The van der Waals surface area contributed by atoms with Crippen molar-refractivity contribution in [2.45, 2.75) is 47.5 Å². The predicted octanol–water partition coefficient (Wildman–Crippen LogP) is 3.39. The molecule has 0 N–H and O–H groups in total. The summed E-state index contributed by atoms with van der Waals surface area (Å²) in [6, 6.07) is 0. The molecule has 2 rings (SSSR count). The van der Waals surface area contributed by atoms with E-state index in [2.05, 4.69) is 16.3 Å². The number of esters is 1. The number of nitrogens with zero attached hydrogens (tertiary/aromatic N) is 2. The van der Waals surface area contributed by atoms with Crippen LogP contribution in [0.1, 0.15) is 53.3 Å². The lowest BCUT2D eigenvalue weighted by atomic mass is 10.1. The number of carbonyl (C=O) groups excluding carboxylic acids is 1. The third-order valence-corrected chi connectivity index (χ3v) is 3.56. The van der Waals surface area contributed by atoms with Crippen molar-refractivity contribution in [2.75, 3.05) is 6.61 Å². The molecule has 0 bridgehead atoms. The van der Waals surface area contributed by atoms with E-state index in [0.717, 1.165) is 41.0 Å². The van der Waals surface area contributed by atoms with Crippen molar-refractivity contribution in [3.63, 3.8) is 0 Å². The van der Waals surface area contributed by atoms with Crippen LogP contribution in [0.2, 0.25) is 0 Å². The molecule has 0 radical (unpaired) electrons. The molecule has 0 aromatic carbocycles. The summed E-state index contributed by atoms with van der Waals surface area (Å²) in [4.78, 5) is 16.8. The highest BCUT2D eigenvalue weighted by molar-refractivity contribution is 5.95. The number of fused-ring (bicyclic) bond motifs is 1. The Balaban J connectivity index is 2.74. The first-order chi connectivity index (χ1) is 9.51. The smallest absolute Gasteiger partial charge is 0.340 e. The normalized spacial score (nSPS) is 11.1. The van der Waals surface area contributed by atoms with Gasteiger partial charge in [-0.25, -0.2) is 4.79 Å². The van der Waals surface area contributed by atoms with Crippen molar-refractivity contribution in [1.29, 1.82) is 0 Å². The van der Waals surface area contributed by atoms with Gasteiger partial charge in [0.05, 0.1) is 29.1 Å². The highest BCUT2D eigenvalue weighted by Gasteiger charge is 2.22. The van der Waals surface area contributed by atoms with Crippen LogP contribution in [0.25, 0.3) is 5.52 Å². The molecule has 2 aromatic rings. The quantitative estimate of drug-likeness (QED) is 0.803. The Hall–Kier alpha value is -1.84. The molecular weight excluding hydrogens is 252 g/mol. The van der Waals surface area contributed by atoms with Gasteiger partial charge in [-0.2, -0.15) is 0 Å². The molecule has 0 saturated carbocycles. The molecule has 108 valence electrons. The third kappa shape index (κ3) is 2.30. The molecule has 20 heavy (non-hydrogen) atoms. The summed E-state index contributed by atoms with van der Waals surface area (Å²) in [7, 11) is 0. The zero-order valence-electron chi connectivity index (χ0n) is 12.9. The molecule has 2 aromatic heterocycles. The minimum Gasteiger partial charge on any atom is -0.462 e. The van der Waals surface area contributed by atoms with Crippen LogP contribution in [0.4, 0.5) is 0 Å². The van der Waals surface area contributed by atoms with Crippen molar-refractivity contribution >= 4 is 11.5 Å². The van der Waals surface area contributed by atoms with Gasteiger partial charge >= 0.3 is 5.97 Å². The van der Waals surface area contributed by atoms with E-state index in [0.29, 0.717) is 12.2 Å². The van der Waals surface area contributed by atoms with Gasteiger partial charge in [0.15, 0.2) is 0 Å². The molecule has 0 amide bonds. The van der Waals surface area contributed by atoms with Crippen LogP contribution >= 0.6 is 0 Å². The Morgan fingerprint density at radius 2 is 2.00 bits per heavy atom. The second-order valence-electron chi connectivity index (χ2n) is 5.10. The maximum atomic E-state index is 12.2. The minimum absolute atomic E-state index is 0.244. The number of carbonyl (C=O) groups is 1. The Bertz CT molecular complexity index is 656. The molecular formula is C16H22N2O2. The van der Waals surface area contributed by atoms with E-state index in [1.807, 2.05) is 33.9 Å². The summed E-state index contributed by atoms with van der Waals surface area (Å²) in [6.07, 6.45) is 3.93. The molecule has 0 spiro atoms. The second kappa shape index (κ2) is 5.65. The van der Waals surface area contributed by atoms with Crippen LogP contribution in [0.5, 0.6) is 0 Å². The summed E-state index contributed by atoms with van der Waals surface area (Å²) in [5.74, 6) is -0.244. The van der Waals surface area contributed by atoms with Crippen molar-refractivity contribution in [2.24, 2.45) is 0 Å². The Kier molecular flexibility index (Phi) is 4.12. The average Bonchev–Trinajstić information content (AvgIpc) is 2.62. The molecule has 0 aliphatic heterocycles. The molecule has 0 unspecified atom stereocenters. The number of hydrogen-bond acceptors (Lipinski definition) is 3. The van der Waals surface area contributed by atoms with Crippen molar-refractivity contribution in [1.82, 2.24) is 9.38 Å². The van der Waals surface area contributed by atoms with Crippen molar-refractivity contribution in [3.8, 4) is 0 Å². The van der Waals surface area contributed by atoms with Crippen LogP contribution in [0.15, 0.2) is 6.20 Å². The van der Waals surface area contributed by atoms with E-state index >= 15 is 0 Å². The fraction of sp³-hybridized carbons (Fsp3) is 0.500. The standard InChI is InChI=1S/C16H22N2O2/c1-6-8-13-15-11(4)14(16(19)20-7-2)12(5)18(15)9-10(3)17-13/h9H,6-8H2,1-5H3. The van der Waals surface area contributed by atoms with Crippen LogP contribution in [0, 0.1) is 20.8 Å². The van der Waals surface area contributed by atoms with Crippen LogP contribution < -0.4 is 0 Å². The minimum atomic E-state index is -0.244. The van der Waals surface area contributed by atoms with Crippen molar-refractivity contribution in [3.05, 3.63) is 34.4 Å². The molecule has 0 atom stereocenters. The van der Waals surface area contributed by atoms with Crippen LogP contribution in [-0.4, -0.2) is 22.0 Å². The summed E-state index contributed by atoms with van der Waals surface area (Å²) < 4.78 is 7.25. The van der Waals surface area contributed by atoms with Gasteiger partial charge in [0.25, 0.3) is 0 Å². The summed E-state index contributed by atoms with van der Waals surface area (Å²) in [5.41, 5.74) is 5.66. The van der Waals surface area contributed by atoms with Gasteiger partial charge in [0.2, 0.25) is 0 Å². The van der Waals surface area contributed by atoms with Gasteiger partial charge < -0.3 is 9.14 Å². The summed E-state index contributed by atoms with van der Waals surface area (Å²) in [6.45, 7) is 10.3. The number of aromatic nitrogens is 2. The zero-order valence-corrected chi connectivity index (χ0v) is 12.9. The largest absolute Gasteiger partial charge is 0.462 e. The third-order valence-electron chi connectivity index (χ3n) is 3.56. The zero-order chi connectivity index (χ0) is 14.9. The molecule has 0 aliphatic carbocycles. The van der Waals surface area contributed by atoms with Crippen LogP contribution in [-0.2, 0) is 11.2 Å². The van der Waals surface area contributed by atoms with Gasteiger partial charge in [-0.05, 0) is 39.7 Å². The lowest BCUT2D eigenvalue weighted by molar-refractivity contribution is 0.0525. The summed E-state index contributed by atoms with van der Waals surface area (Å²) in [5, 5.41) is 0. The van der Waals surface area contributed by atoms with E-state index in [1.54, 1.807) is 0 Å². The number of rotatable bonds is 4.